The molecule has 0 spiro atoms. The van der Waals surface area contributed by atoms with Crippen molar-refractivity contribution in [1.82, 2.24) is 10.2 Å². The van der Waals surface area contributed by atoms with Crippen molar-refractivity contribution < 1.29 is 24.2 Å². The number of hydrogen-bond donors (Lipinski definition) is 4. The van der Waals surface area contributed by atoms with E-state index in [0.717, 1.165) is 22.3 Å². The molecule has 2 rings (SSSR count). The van der Waals surface area contributed by atoms with Gasteiger partial charge in [0.2, 0.25) is 5.91 Å². The molecule has 0 fully saturated rings. The molecule has 0 heterocycles. The lowest BCUT2D eigenvalue weighted by molar-refractivity contribution is -0.140. The van der Waals surface area contributed by atoms with Crippen LogP contribution in [0.5, 0.6) is 0 Å². The normalized spacial score (nSPS) is 12.9. The van der Waals surface area contributed by atoms with Gasteiger partial charge in [0.15, 0.2) is 0 Å². The number of amides is 3. The summed E-state index contributed by atoms with van der Waals surface area (Å²) in [6.45, 7) is 12.2. The average Bonchev–Trinajstić information content (AvgIpc) is 2.80. The van der Waals surface area contributed by atoms with E-state index in [1.165, 1.54) is 4.90 Å². The molecule has 0 saturated carbocycles. The Kier molecular flexibility index (Phi) is 10.6. The second-order valence-electron chi connectivity index (χ2n) is 10.2. The van der Waals surface area contributed by atoms with Crippen LogP contribution in [-0.4, -0.2) is 58.5 Å². The van der Waals surface area contributed by atoms with Gasteiger partial charge in [-0.05, 0) is 70.7 Å². The second kappa shape index (κ2) is 13.0. The molecule has 9 heteroatoms. The summed E-state index contributed by atoms with van der Waals surface area (Å²) in [7, 11) is 0. The maximum atomic E-state index is 13.9. The van der Waals surface area contributed by atoms with E-state index in [-0.39, 0.29) is 18.9 Å². The SMILES string of the molecule is Cc1ccc(C)c(C(C(=O)Nc2c(C)cccc2C)N(CCO)C(=O)C(CS)NC(=O)OC(C)(C)C)c1. The van der Waals surface area contributed by atoms with E-state index in [4.69, 9.17) is 4.74 Å². The fourth-order valence-corrected chi connectivity index (χ4v) is 4.27. The number of thiol groups is 1. The molecule has 202 valence electrons. The molecular weight excluding hydrogens is 490 g/mol. The third kappa shape index (κ3) is 8.23. The summed E-state index contributed by atoms with van der Waals surface area (Å²) in [6.07, 6.45) is -0.771. The van der Waals surface area contributed by atoms with Gasteiger partial charge in [0.05, 0.1) is 6.61 Å². The number of benzene rings is 2. The predicted molar refractivity (Wildman–Crippen MR) is 149 cm³/mol. The first-order chi connectivity index (χ1) is 17.3. The number of carbonyl (C=O) groups excluding carboxylic acids is 3. The van der Waals surface area contributed by atoms with E-state index in [0.29, 0.717) is 11.3 Å². The van der Waals surface area contributed by atoms with Crippen molar-refractivity contribution in [2.45, 2.75) is 66.2 Å². The number of rotatable bonds is 9. The predicted octanol–water partition coefficient (Wildman–Crippen LogP) is 4.24. The lowest BCUT2D eigenvalue weighted by Crippen LogP contribution is -2.54. The maximum absolute atomic E-state index is 13.9. The van der Waals surface area contributed by atoms with Gasteiger partial charge in [-0.25, -0.2) is 4.79 Å². The maximum Gasteiger partial charge on any atom is 0.408 e. The second-order valence-corrected chi connectivity index (χ2v) is 10.5. The molecule has 3 amide bonds. The zero-order valence-corrected chi connectivity index (χ0v) is 23.6. The molecule has 0 bridgehead atoms. The molecule has 2 aromatic rings. The molecular formula is C28H39N3O5S. The molecule has 2 atom stereocenters. The van der Waals surface area contributed by atoms with Crippen molar-refractivity contribution >= 4 is 36.2 Å². The van der Waals surface area contributed by atoms with Crippen LogP contribution in [0.2, 0.25) is 0 Å². The minimum absolute atomic E-state index is 0.0297. The summed E-state index contributed by atoms with van der Waals surface area (Å²) in [6, 6.07) is 9.23. The highest BCUT2D eigenvalue weighted by molar-refractivity contribution is 7.80. The van der Waals surface area contributed by atoms with Crippen LogP contribution in [0.3, 0.4) is 0 Å². The summed E-state index contributed by atoms with van der Waals surface area (Å²) >= 11 is 4.27. The largest absolute Gasteiger partial charge is 0.444 e. The first-order valence-electron chi connectivity index (χ1n) is 12.2. The Morgan fingerprint density at radius 2 is 1.65 bits per heavy atom. The smallest absolute Gasteiger partial charge is 0.408 e. The summed E-state index contributed by atoms with van der Waals surface area (Å²) < 4.78 is 5.31. The van der Waals surface area contributed by atoms with Gasteiger partial charge < -0.3 is 25.4 Å². The quantitative estimate of drug-likeness (QED) is 0.364. The number of nitrogens with one attached hydrogen (secondary N) is 2. The Morgan fingerprint density at radius 3 is 2.19 bits per heavy atom. The Balaban J connectivity index is 2.54. The fourth-order valence-electron chi connectivity index (χ4n) is 4.02. The van der Waals surface area contributed by atoms with Gasteiger partial charge in [0, 0.05) is 18.0 Å². The highest BCUT2D eigenvalue weighted by Gasteiger charge is 2.36. The van der Waals surface area contributed by atoms with Crippen molar-refractivity contribution in [2.75, 3.05) is 24.2 Å². The number of alkyl carbamates (subject to hydrolysis) is 1. The number of anilines is 1. The minimum Gasteiger partial charge on any atom is -0.444 e. The van der Waals surface area contributed by atoms with Gasteiger partial charge in [-0.1, -0.05) is 42.0 Å². The fraction of sp³-hybridized carbons (Fsp3) is 0.464. The van der Waals surface area contributed by atoms with E-state index in [2.05, 4.69) is 23.3 Å². The van der Waals surface area contributed by atoms with Crippen LogP contribution in [0.15, 0.2) is 36.4 Å². The van der Waals surface area contributed by atoms with E-state index >= 15 is 0 Å². The van der Waals surface area contributed by atoms with Crippen molar-refractivity contribution in [3.05, 3.63) is 64.2 Å². The lowest BCUT2D eigenvalue weighted by atomic mass is 9.96. The van der Waals surface area contributed by atoms with Crippen LogP contribution < -0.4 is 10.6 Å². The number of nitrogens with zero attached hydrogens (tertiary/aromatic N) is 1. The lowest BCUT2D eigenvalue weighted by Gasteiger charge is -2.34. The number of aryl methyl sites for hydroxylation is 4. The van der Waals surface area contributed by atoms with E-state index in [9.17, 15) is 19.5 Å². The van der Waals surface area contributed by atoms with E-state index < -0.39 is 35.6 Å². The van der Waals surface area contributed by atoms with Crippen LogP contribution in [0.4, 0.5) is 10.5 Å². The molecule has 37 heavy (non-hydrogen) atoms. The number of para-hydroxylation sites is 1. The molecule has 0 saturated heterocycles. The number of hydrogen-bond acceptors (Lipinski definition) is 6. The number of aliphatic hydroxyl groups excluding tert-OH is 1. The monoisotopic (exact) mass is 529 g/mol. The topological polar surface area (TPSA) is 108 Å². The van der Waals surface area contributed by atoms with Crippen LogP contribution in [0.1, 0.15) is 54.6 Å². The van der Waals surface area contributed by atoms with Crippen LogP contribution >= 0.6 is 12.6 Å². The third-order valence-electron chi connectivity index (χ3n) is 5.81. The molecule has 2 unspecified atom stereocenters. The molecule has 0 radical (unpaired) electrons. The van der Waals surface area contributed by atoms with Gasteiger partial charge in [-0.2, -0.15) is 12.6 Å². The molecule has 0 aromatic heterocycles. The number of aliphatic hydroxyl groups is 1. The first-order valence-corrected chi connectivity index (χ1v) is 12.9. The summed E-state index contributed by atoms with van der Waals surface area (Å²) in [5.41, 5.74) is 4.02. The standard InChI is InChI=1S/C28H39N3O5S/c1-17-11-12-18(2)21(15-17)24(25(33)30-23-19(3)9-8-10-20(23)4)31(13-14-32)26(34)22(16-37)29-27(35)36-28(5,6)7/h8-12,15,22,24,32,37H,13-14,16H2,1-7H3,(H,29,35)(H,30,33). The van der Waals surface area contributed by atoms with Crippen LogP contribution in [-0.2, 0) is 14.3 Å². The van der Waals surface area contributed by atoms with Crippen LogP contribution in [0, 0.1) is 27.7 Å². The summed E-state index contributed by atoms with van der Waals surface area (Å²) in [5, 5.41) is 15.5. The van der Waals surface area contributed by atoms with Crippen molar-refractivity contribution in [3.8, 4) is 0 Å². The Bertz CT molecular complexity index is 1110. The first kappa shape index (κ1) is 30.2. The van der Waals surface area contributed by atoms with Gasteiger partial charge in [-0.15, -0.1) is 0 Å². The summed E-state index contributed by atoms with van der Waals surface area (Å²) in [4.78, 5) is 41.4. The zero-order chi connectivity index (χ0) is 27.9. The Hall–Kier alpha value is -3.04. The minimum atomic E-state index is -1.08. The molecule has 3 N–H and O–H groups in total. The number of ether oxygens (including phenoxy) is 1. The zero-order valence-electron chi connectivity index (χ0n) is 22.7. The highest BCUT2D eigenvalue weighted by Crippen LogP contribution is 2.29. The molecule has 0 aliphatic carbocycles. The van der Waals surface area contributed by atoms with Gasteiger partial charge in [0.1, 0.15) is 17.7 Å². The van der Waals surface area contributed by atoms with Gasteiger partial charge in [0.25, 0.3) is 5.91 Å². The van der Waals surface area contributed by atoms with Gasteiger partial charge in [-0.3, -0.25) is 9.59 Å². The third-order valence-corrected chi connectivity index (χ3v) is 6.18. The van der Waals surface area contributed by atoms with E-state index in [1.807, 2.05) is 64.1 Å². The molecule has 0 aliphatic rings. The molecule has 8 nitrogen and oxygen atoms in total. The molecule has 2 aromatic carbocycles. The number of carbonyl (C=O) groups is 3. The van der Waals surface area contributed by atoms with Crippen molar-refractivity contribution in [3.63, 3.8) is 0 Å². The van der Waals surface area contributed by atoms with Crippen LogP contribution in [0.25, 0.3) is 0 Å². The van der Waals surface area contributed by atoms with E-state index in [1.54, 1.807) is 20.8 Å². The van der Waals surface area contributed by atoms with Crippen molar-refractivity contribution in [2.24, 2.45) is 0 Å². The Morgan fingerprint density at radius 1 is 1.03 bits per heavy atom. The molecule has 0 aliphatic heterocycles. The highest BCUT2D eigenvalue weighted by atomic mass is 32.1. The van der Waals surface area contributed by atoms with Gasteiger partial charge >= 0.3 is 6.09 Å². The Labute approximate surface area is 225 Å². The average molecular weight is 530 g/mol. The summed E-state index contributed by atoms with van der Waals surface area (Å²) in [5.74, 6) is -1.02. The van der Waals surface area contributed by atoms with Crippen molar-refractivity contribution in [1.29, 1.82) is 0 Å².